The van der Waals surface area contributed by atoms with Gasteiger partial charge < -0.3 is 28.1 Å². The molecule has 1 aliphatic carbocycles. The monoisotopic (exact) mass is 627 g/mol. The minimum absolute atomic E-state index is 0.102. The highest BCUT2D eigenvalue weighted by Gasteiger charge is 2.59. The average molecular weight is 628 g/mol. The summed E-state index contributed by atoms with van der Waals surface area (Å²) in [4.78, 5) is 25.7. The van der Waals surface area contributed by atoms with Gasteiger partial charge in [-0.05, 0) is 44.4 Å². The highest BCUT2D eigenvalue weighted by molar-refractivity contribution is 6.84. The fourth-order valence-electron chi connectivity index (χ4n) is 6.85. The predicted molar refractivity (Wildman–Crippen MR) is 173 cm³/mol. The molecule has 8 nitrogen and oxygen atoms in total. The molecule has 0 bridgehead atoms. The van der Waals surface area contributed by atoms with Crippen molar-refractivity contribution in [3.63, 3.8) is 0 Å². The fourth-order valence-corrected chi connectivity index (χ4v) is 18.1. The maximum absolute atomic E-state index is 13.1. The molecule has 1 fully saturated rings. The van der Waals surface area contributed by atoms with Crippen LogP contribution in [0.25, 0.3) is 11.1 Å². The lowest BCUT2D eigenvalue weighted by Gasteiger charge is -2.46. The predicted octanol–water partition coefficient (Wildman–Crippen LogP) is 7.57. The molecule has 1 saturated heterocycles. The number of hydrogen-bond donors (Lipinski definition) is 2. The summed E-state index contributed by atoms with van der Waals surface area (Å²) in [5, 5.41) is 12.9. The van der Waals surface area contributed by atoms with Gasteiger partial charge in [0.2, 0.25) is 0 Å². The maximum Gasteiger partial charge on any atom is 0.407 e. The summed E-state index contributed by atoms with van der Waals surface area (Å²) in [5.41, 5.74) is 5.04. The van der Waals surface area contributed by atoms with Crippen LogP contribution in [0.3, 0.4) is 0 Å². The summed E-state index contributed by atoms with van der Waals surface area (Å²) < 4.78 is 26.5. The summed E-state index contributed by atoms with van der Waals surface area (Å²) in [7, 11) is -5.63. The van der Waals surface area contributed by atoms with E-state index in [9.17, 15) is 14.7 Å². The number of amides is 1. The van der Waals surface area contributed by atoms with Gasteiger partial charge in [0.15, 0.2) is 0 Å². The number of benzene rings is 2. The Bertz CT molecular complexity index is 1240. The van der Waals surface area contributed by atoms with E-state index in [1.807, 2.05) is 36.4 Å². The molecule has 0 saturated carbocycles. The van der Waals surface area contributed by atoms with Gasteiger partial charge in [-0.2, -0.15) is 0 Å². The van der Waals surface area contributed by atoms with E-state index in [-0.39, 0.29) is 41.3 Å². The average Bonchev–Trinajstić information content (AvgIpc) is 3.13. The molecule has 1 aliphatic heterocycles. The molecule has 0 radical (unpaired) electrons. The lowest BCUT2D eigenvalue weighted by Crippen LogP contribution is -2.60. The van der Waals surface area contributed by atoms with Crippen molar-refractivity contribution in [2.75, 3.05) is 13.2 Å². The molecular weight excluding hydrogens is 579 g/mol. The van der Waals surface area contributed by atoms with Crippen LogP contribution < -0.4 is 5.32 Å². The van der Waals surface area contributed by atoms with E-state index in [0.717, 1.165) is 22.3 Å². The van der Waals surface area contributed by atoms with E-state index in [4.69, 9.17) is 17.7 Å². The Balaban J connectivity index is 1.53. The second-order valence-electron chi connectivity index (χ2n) is 13.3. The quantitative estimate of drug-likeness (QED) is 0.262. The van der Waals surface area contributed by atoms with Gasteiger partial charge in [-0.15, -0.1) is 0 Å². The third-order valence-corrected chi connectivity index (χ3v) is 19.6. The third kappa shape index (κ3) is 6.35. The highest BCUT2D eigenvalue weighted by atomic mass is 28.5. The largest absolute Gasteiger partial charge is 0.480 e. The van der Waals surface area contributed by atoms with Crippen LogP contribution in [0.5, 0.6) is 0 Å². The minimum Gasteiger partial charge on any atom is -0.480 e. The van der Waals surface area contributed by atoms with E-state index < -0.39 is 47.2 Å². The highest BCUT2D eigenvalue weighted by Crippen LogP contribution is 2.47. The van der Waals surface area contributed by atoms with Crippen LogP contribution in [0, 0.1) is 5.92 Å². The Morgan fingerprint density at radius 2 is 1.33 bits per heavy atom. The Morgan fingerprint density at radius 3 is 1.79 bits per heavy atom. The first-order valence-corrected chi connectivity index (χ1v) is 19.6. The minimum atomic E-state index is -2.90. The van der Waals surface area contributed by atoms with Crippen molar-refractivity contribution >= 4 is 29.2 Å². The SMILES string of the molecule is CC(C)[Si]1(C(C)C)OC[C@@H]([C@H](C)[C@H](NC(=O)OCC2c3ccccc3-c3ccccc32)C(=O)O)O[Si](C(C)C)(C(C)C)O1. The zero-order chi connectivity index (χ0) is 31.7. The molecule has 0 unspecified atom stereocenters. The number of alkyl carbamates (subject to hydrolysis) is 1. The number of ether oxygens (including phenoxy) is 1. The molecule has 2 aromatic carbocycles. The molecule has 2 aromatic rings. The van der Waals surface area contributed by atoms with Crippen LogP contribution in [0.15, 0.2) is 48.5 Å². The maximum atomic E-state index is 13.1. The number of carbonyl (C=O) groups excluding carboxylic acids is 1. The van der Waals surface area contributed by atoms with Crippen LogP contribution >= 0.6 is 0 Å². The number of fused-ring (bicyclic) bond motifs is 3. The normalized spacial score (nSPS) is 20.9. The number of carbonyl (C=O) groups is 2. The Kier molecular flexibility index (Phi) is 10.3. The molecule has 1 amide bonds. The van der Waals surface area contributed by atoms with Crippen molar-refractivity contribution < 1.29 is 32.4 Å². The number of carboxylic acids is 1. The second kappa shape index (κ2) is 13.2. The van der Waals surface area contributed by atoms with Gasteiger partial charge in [0.05, 0.1) is 12.7 Å². The summed E-state index contributed by atoms with van der Waals surface area (Å²) in [6.07, 6.45) is -1.34. The molecular formula is C33H49NO7Si2. The summed E-state index contributed by atoms with van der Waals surface area (Å²) in [6.45, 7) is 19.2. The van der Waals surface area contributed by atoms with Crippen LogP contribution in [-0.4, -0.2) is 59.7 Å². The first-order chi connectivity index (χ1) is 20.2. The van der Waals surface area contributed by atoms with Crippen molar-refractivity contribution in [2.24, 2.45) is 5.92 Å². The Morgan fingerprint density at radius 1 is 0.837 bits per heavy atom. The first-order valence-electron chi connectivity index (χ1n) is 15.6. The third-order valence-electron chi connectivity index (χ3n) is 9.34. The molecule has 10 heteroatoms. The van der Waals surface area contributed by atoms with Crippen molar-refractivity contribution in [3.05, 3.63) is 59.7 Å². The van der Waals surface area contributed by atoms with Crippen molar-refractivity contribution in [2.45, 2.75) is 103 Å². The lowest BCUT2D eigenvalue weighted by atomic mass is 9.96. The molecule has 1 heterocycles. The van der Waals surface area contributed by atoms with Gasteiger partial charge in [-0.1, -0.05) is 111 Å². The smallest absolute Gasteiger partial charge is 0.407 e. The second-order valence-corrected chi connectivity index (χ2v) is 22.1. The van der Waals surface area contributed by atoms with E-state index in [0.29, 0.717) is 0 Å². The molecule has 2 N–H and O–H groups in total. The van der Waals surface area contributed by atoms with Crippen LogP contribution in [0.4, 0.5) is 4.79 Å². The van der Waals surface area contributed by atoms with E-state index >= 15 is 0 Å². The van der Waals surface area contributed by atoms with Gasteiger partial charge in [0.1, 0.15) is 12.6 Å². The van der Waals surface area contributed by atoms with Crippen molar-refractivity contribution in [1.29, 1.82) is 0 Å². The van der Waals surface area contributed by atoms with Crippen LogP contribution in [0.2, 0.25) is 22.2 Å². The molecule has 0 spiro atoms. The van der Waals surface area contributed by atoms with Gasteiger partial charge in [-0.3, -0.25) is 0 Å². The fraction of sp³-hybridized carbons (Fsp3) is 0.576. The van der Waals surface area contributed by atoms with E-state index in [1.54, 1.807) is 6.92 Å². The number of rotatable bonds is 10. The van der Waals surface area contributed by atoms with Crippen molar-refractivity contribution in [1.82, 2.24) is 5.32 Å². The van der Waals surface area contributed by atoms with E-state index in [2.05, 4.69) is 72.8 Å². The molecule has 236 valence electrons. The number of hydrogen-bond acceptors (Lipinski definition) is 6. The molecule has 43 heavy (non-hydrogen) atoms. The first kappa shape index (κ1) is 33.4. The lowest BCUT2D eigenvalue weighted by molar-refractivity contribution is -0.142. The Labute approximate surface area is 259 Å². The zero-order valence-corrected chi connectivity index (χ0v) is 29.0. The van der Waals surface area contributed by atoms with Crippen LogP contribution in [-0.2, 0) is 22.5 Å². The standard InChI is InChI=1S/C33H49NO7Si2/c1-20(2)42(21(3)4)39-19-30(40-43(41-42,22(5)6)23(7)8)24(9)31(32(35)36)34-33(37)38-18-29-27-16-12-10-14-25(27)26-15-11-13-17-28(26)29/h10-17,20-24,29-31H,18-19H2,1-9H3,(H,34,37)(H,35,36)/t24-,30-,31-/m0/s1. The van der Waals surface area contributed by atoms with Crippen LogP contribution in [0.1, 0.15) is 79.4 Å². The van der Waals surface area contributed by atoms with Crippen molar-refractivity contribution in [3.8, 4) is 11.1 Å². The van der Waals surface area contributed by atoms with Gasteiger partial charge >= 0.3 is 29.2 Å². The van der Waals surface area contributed by atoms with E-state index in [1.165, 1.54) is 0 Å². The zero-order valence-electron chi connectivity index (χ0n) is 27.0. The van der Waals surface area contributed by atoms with Gasteiger partial charge in [0, 0.05) is 11.8 Å². The topological polar surface area (TPSA) is 103 Å². The number of aliphatic carboxylic acids is 1. The summed E-state index contributed by atoms with van der Waals surface area (Å²) in [6, 6.07) is 15.0. The summed E-state index contributed by atoms with van der Waals surface area (Å²) >= 11 is 0. The number of carboxylic acid groups (broad SMARTS) is 1. The molecule has 0 aromatic heterocycles. The molecule has 3 atom stereocenters. The summed E-state index contributed by atoms with van der Waals surface area (Å²) in [5.74, 6) is -1.87. The Hall–Kier alpha value is -2.51. The van der Waals surface area contributed by atoms with Gasteiger partial charge in [0.25, 0.3) is 0 Å². The molecule has 4 rings (SSSR count). The van der Waals surface area contributed by atoms with Gasteiger partial charge in [-0.25, -0.2) is 9.59 Å². The molecule has 2 aliphatic rings. The number of nitrogens with one attached hydrogen (secondary N) is 1.